The molecule has 0 amide bonds. The summed E-state index contributed by atoms with van der Waals surface area (Å²) in [6, 6.07) is 8.22. The predicted octanol–water partition coefficient (Wildman–Crippen LogP) is 2.27. The fraction of sp³-hybridized carbons (Fsp3) is 0.438. The standard InChI is InChI=1S/C16H23N3OS/c1-3-9-17-16(21)19-12-10-18(11-13-19)14-7-5-6-8-15(14)20-4-2/h3,5-8H,1,4,9-13H2,2H3,(H,17,21). The second kappa shape index (κ2) is 7.88. The van der Waals surface area contributed by atoms with Crippen molar-refractivity contribution in [3.8, 4) is 5.75 Å². The second-order valence-electron chi connectivity index (χ2n) is 4.85. The lowest BCUT2D eigenvalue weighted by Crippen LogP contribution is -2.51. The molecule has 0 aliphatic carbocycles. The van der Waals surface area contributed by atoms with Crippen LogP contribution in [0.25, 0.3) is 0 Å². The van der Waals surface area contributed by atoms with Gasteiger partial charge in [-0.25, -0.2) is 0 Å². The van der Waals surface area contributed by atoms with E-state index in [1.165, 1.54) is 5.69 Å². The Morgan fingerprint density at radius 3 is 2.71 bits per heavy atom. The quantitative estimate of drug-likeness (QED) is 0.665. The van der Waals surface area contributed by atoms with Gasteiger partial charge in [-0.15, -0.1) is 6.58 Å². The van der Waals surface area contributed by atoms with Crippen molar-refractivity contribution >= 4 is 23.0 Å². The number of hydrogen-bond donors (Lipinski definition) is 1. The molecular formula is C16H23N3OS. The van der Waals surface area contributed by atoms with Gasteiger partial charge in [0.05, 0.1) is 12.3 Å². The Morgan fingerprint density at radius 1 is 1.33 bits per heavy atom. The number of hydrogen-bond acceptors (Lipinski definition) is 3. The summed E-state index contributed by atoms with van der Waals surface area (Å²) >= 11 is 5.39. The second-order valence-corrected chi connectivity index (χ2v) is 5.24. The fourth-order valence-corrected chi connectivity index (χ4v) is 2.68. The number of nitrogens with zero attached hydrogens (tertiary/aromatic N) is 2. The molecule has 4 nitrogen and oxygen atoms in total. The van der Waals surface area contributed by atoms with Crippen molar-refractivity contribution in [3.63, 3.8) is 0 Å². The van der Waals surface area contributed by atoms with Crippen molar-refractivity contribution in [1.82, 2.24) is 10.2 Å². The SMILES string of the molecule is C=CCNC(=S)N1CCN(c2ccccc2OCC)CC1. The monoisotopic (exact) mass is 305 g/mol. The summed E-state index contributed by atoms with van der Waals surface area (Å²) in [6.07, 6.45) is 1.82. The number of nitrogens with one attached hydrogen (secondary N) is 1. The van der Waals surface area contributed by atoms with Gasteiger partial charge in [0.2, 0.25) is 0 Å². The summed E-state index contributed by atoms with van der Waals surface area (Å²) in [4.78, 5) is 4.57. The maximum absolute atomic E-state index is 5.71. The van der Waals surface area contributed by atoms with E-state index in [2.05, 4.69) is 33.8 Å². The summed E-state index contributed by atoms with van der Waals surface area (Å²) in [5.41, 5.74) is 1.17. The van der Waals surface area contributed by atoms with E-state index in [4.69, 9.17) is 17.0 Å². The van der Waals surface area contributed by atoms with Crippen LogP contribution in [0.1, 0.15) is 6.92 Å². The summed E-state index contributed by atoms with van der Waals surface area (Å²) in [5, 5.41) is 4.00. The molecule has 1 fully saturated rings. The van der Waals surface area contributed by atoms with Crippen molar-refractivity contribution in [3.05, 3.63) is 36.9 Å². The molecule has 0 atom stereocenters. The third-order valence-corrected chi connectivity index (χ3v) is 3.87. The first-order valence-electron chi connectivity index (χ1n) is 7.36. The minimum Gasteiger partial charge on any atom is -0.492 e. The van der Waals surface area contributed by atoms with Gasteiger partial charge in [-0.1, -0.05) is 18.2 Å². The summed E-state index contributed by atoms with van der Waals surface area (Å²) in [6.45, 7) is 10.8. The Morgan fingerprint density at radius 2 is 2.05 bits per heavy atom. The highest BCUT2D eigenvalue weighted by atomic mass is 32.1. The molecule has 2 rings (SSSR count). The molecule has 1 N–H and O–H groups in total. The maximum atomic E-state index is 5.71. The number of anilines is 1. The smallest absolute Gasteiger partial charge is 0.169 e. The van der Waals surface area contributed by atoms with Crippen molar-refractivity contribution in [1.29, 1.82) is 0 Å². The van der Waals surface area contributed by atoms with E-state index in [1.807, 2.05) is 25.1 Å². The van der Waals surface area contributed by atoms with Crippen LogP contribution in [-0.4, -0.2) is 49.3 Å². The number of ether oxygens (including phenoxy) is 1. The minimum atomic E-state index is 0.687. The first-order chi connectivity index (χ1) is 10.3. The van der Waals surface area contributed by atoms with E-state index in [0.29, 0.717) is 13.2 Å². The van der Waals surface area contributed by atoms with Crippen LogP contribution in [0.3, 0.4) is 0 Å². The maximum Gasteiger partial charge on any atom is 0.169 e. The summed E-state index contributed by atoms with van der Waals surface area (Å²) in [5.74, 6) is 0.959. The van der Waals surface area contributed by atoms with Crippen molar-refractivity contribution in [2.75, 3.05) is 44.2 Å². The highest BCUT2D eigenvalue weighted by molar-refractivity contribution is 7.80. The van der Waals surface area contributed by atoms with Crippen LogP contribution >= 0.6 is 12.2 Å². The fourth-order valence-electron chi connectivity index (χ4n) is 2.42. The van der Waals surface area contributed by atoms with Gasteiger partial charge >= 0.3 is 0 Å². The number of piperazine rings is 1. The zero-order valence-corrected chi connectivity index (χ0v) is 13.4. The number of rotatable bonds is 5. The van der Waals surface area contributed by atoms with Crippen LogP contribution in [0.4, 0.5) is 5.69 Å². The molecule has 1 saturated heterocycles. The van der Waals surface area contributed by atoms with E-state index < -0.39 is 0 Å². The molecule has 0 unspecified atom stereocenters. The van der Waals surface area contributed by atoms with E-state index in [1.54, 1.807) is 0 Å². The molecule has 1 heterocycles. The third kappa shape index (κ3) is 4.11. The molecule has 0 bridgehead atoms. The Kier molecular flexibility index (Phi) is 5.87. The lowest BCUT2D eigenvalue weighted by molar-refractivity contribution is 0.336. The molecule has 114 valence electrons. The Hall–Kier alpha value is -1.75. The van der Waals surface area contributed by atoms with Crippen LogP contribution in [0.15, 0.2) is 36.9 Å². The normalized spacial score (nSPS) is 14.7. The molecule has 0 radical (unpaired) electrons. The third-order valence-electron chi connectivity index (χ3n) is 3.47. The van der Waals surface area contributed by atoms with Crippen molar-refractivity contribution < 1.29 is 4.74 Å². The molecule has 0 saturated carbocycles. The van der Waals surface area contributed by atoms with Gasteiger partial charge in [-0.2, -0.15) is 0 Å². The molecule has 1 aromatic carbocycles. The van der Waals surface area contributed by atoms with E-state index >= 15 is 0 Å². The molecule has 1 aliphatic heterocycles. The van der Waals surface area contributed by atoms with Crippen molar-refractivity contribution in [2.24, 2.45) is 0 Å². The average molecular weight is 305 g/mol. The van der Waals surface area contributed by atoms with Gasteiger partial charge < -0.3 is 19.9 Å². The first kappa shape index (κ1) is 15.6. The van der Waals surface area contributed by atoms with Crippen LogP contribution < -0.4 is 15.0 Å². The molecule has 5 heteroatoms. The molecular weight excluding hydrogens is 282 g/mol. The topological polar surface area (TPSA) is 27.7 Å². The van der Waals surface area contributed by atoms with Crippen LogP contribution in [-0.2, 0) is 0 Å². The van der Waals surface area contributed by atoms with Crippen LogP contribution in [0.2, 0.25) is 0 Å². The van der Waals surface area contributed by atoms with Crippen molar-refractivity contribution in [2.45, 2.75) is 6.92 Å². The summed E-state index contributed by atoms with van der Waals surface area (Å²) in [7, 11) is 0. The van der Waals surface area contributed by atoms with Crippen LogP contribution in [0, 0.1) is 0 Å². The Labute approximate surface area is 132 Å². The molecule has 1 aliphatic rings. The minimum absolute atomic E-state index is 0.687. The molecule has 21 heavy (non-hydrogen) atoms. The summed E-state index contributed by atoms with van der Waals surface area (Å²) < 4.78 is 5.71. The highest BCUT2D eigenvalue weighted by Crippen LogP contribution is 2.28. The lowest BCUT2D eigenvalue weighted by Gasteiger charge is -2.37. The number of benzene rings is 1. The van der Waals surface area contributed by atoms with Gasteiger partial charge in [-0.05, 0) is 31.3 Å². The number of thiocarbonyl (C=S) groups is 1. The average Bonchev–Trinajstić information content (AvgIpc) is 2.53. The lowest BCUT2D eigenvalue weighted by atomic mass is 10.2. The van der Waals surface area contributed by atoms with Crippen LogP contribution in [0.5, 0.6) is 5.75 Å². The molecule has 0 aromatic heterocycles. The van der Waals surface area contributed by atoms with E-state index in [-0.39, 0.29) is 0 Å². The van der Waals surface area contributed by atoms with Gasteiger partial charge in [0.25, 0.3) is 0 Å². The highest BCUT2D eigenvalue weighted by Gasteiger charge is 2.20. The zero-order chi connectivity index (χ0) is 15.1. The molecule has 0 spiro atoms. The Balaban J connectivity index is 1.95. The van der Waals surface area contributed by atoms with E-state index in [0.717, 1.165) is 37.0 Å². The Bertz CT molecular complexity index is 484. The molecule has 1 aromatic rings. The zero-order valence-electron chi connectivity index (χ0n) is 12.5. The van der Waals surface area contributed by atoms with Gasteiger partial charge in [0.15, 0.2) is 5.11 Å². The first-order valence-corrected chi connectivity index (χ1v) is 7.77. The number of para-hydroxylation sites is 2. The van der Waals surface area contributed by atoms with Gasteiger partial charge in [0, 0.05) is 32.7 Å². The predicted molar refractivity (Wildman–Crippen MR) is 92.2 cm³/mol. The van der Waals surface area contributed by atoms with Gasteiger partial charge in [0.1, 0.15) is 5.75 Å². The van der Waals surface area contributed by atoms with E-state index in [9.17, 15) is 0 Å². The van der Waals surface area contributed by atoms with Gasteiger partial charge in [-0.3, -0.25) is 0 Å². The largest absolute Gasteiger partial charge is 0.492 e.